The Balaban J connectivity index is 2.54. The van der Waals surface area contributed by atoms with Gasteiger partial charge >= 0.3 is 5.97 Å². The van der Waals surface area contributed by atoms with E-state index < -0.39 is 11.8 Å². The minimum atomic E-state index is -1.02. The van der Waals surface area contributed by atoms with Gasteiger partial charge < -0.3 is 5.11 Å². The quantitative estimate of drug-likeness (QED) is 0.926. The van der Waals surface area contributed by atoms with Gasteiger partial charge in [-0.25, -0.2) is 14.2 Å². The lowest BCUT2D eigenvalue weighted by Gasteiger charge is -1.98. The van der Waals surface area contributed by atoms with E-state index in [4.69, 9.17) is 5.11 Å². The van der Waals surface area contributed by atoms with E-state index in [2.05, 4.69) is 20.9 Å². The molecule has 0 spiro atoms. The van der Waals surface area contributed by atoms with E-state index in [0.717, 1.165) is 11.3 Å². The predicted molar refractivity (Wildman–Crippen MR) is 71.5 cm³/mol. The third-order valence-corrected chi connectivity index (χ3v) is 4.00. The van der Waals surface area contributed by atoms with Gasteiger partial charge in [0.1, 0.15) is 15.7 Å². The Morgan fingerprint density at radius 2 is 2.28 bits per heavy atom. The molecule has 0 fully saturated rings. The summed E-state index contributed by atoms with van der Waals surface area (Å²) in [6, 6.07) is 4.62. The second kappa shape index (κ2) is 5.16. The Labute approximate surface area is 115 Å². The average molecular weight is 330 g/mol. The van der Waals surface area contributed by atoms with Crippen molar-refractivity contribution < 1.29 is 14.3 Å². The lowest BCUT2D eigenvalue weighted by atomic mass is 10.2. The molecule has 94 valence electrons. The number of aryl methyl sites for hydroxylation is 1. The van der Waals surface area contributed by atoms with Crippen molar-refractivity contribution in [2.75, 3.05) is 0 Å². The number of carboxylic acid groups (broad SMARTS) is 1. The number of thiazole rings is 1. The van der Waals surface area contributed by atoms with Crippen LogP contribution < -0.4 is 0 Å². The number of hydrogen-bond acceptors (Lipinski definition) is 3. The SMILES string of the molecule is CCc1nc(-c2ccc(Br)cc2F)sc1C(=O)O. The standard InChI is InChI=1S/C12H9BrFNO2S/c1-2-9-10(12(16)17)18-11(15-9)7-4-3-6(13)5-8(7)14/h3-5H,2H2,1H3,(H,16,17). The van der Waals surface area contributed by atoms with E-state index in [0.29, 0.717) is 27.2 Å². The number of aromatic nitrogens is 1. The van der Waals surface area contributed by atoms with Gasteiger partial charge in [-0.15, -0.1) is 11.3 Å². The Kier molecular flexibility index (Phi) is 3.77. The number of rotatable bonds is 3. The van der Waals surface area contributed by atoms with Crippen LogP contribution in [0.15, 0.2) is 22.7 Å². The van der Waals surface area contributed by atoms with Crippen molar-refractivity contribution in [2.24, 2.45) is 0 Å². The van der Waals surface area contributed by atoms with Gasteiger partial charge in [0.15, 0.2) is 0 Å². The van der Waals surface area contributed by atoms with Crippen molar-refractivity contribution in [3.8, 4) is 10.6 Å². The van der Waals surface area contributed by atoms with E-state index in [1.807, 2.05) is 6.92 Å². The number of carboxylic acids is 1. The summed E-state index contributed by atoms with van der Waals surface area (Å²) in [6.45, 7) is 1.82. The first-order valence-electron chi connectivity index (χ1n) is 5.21. The first kappa shape index (κ1) is 13.2. The van der Waals surface area contributed by atoms with Gasteiger partial charge in [0.05, 0.1) is 5.69 Å². The molecule has 6 heteroatoms. The number of nitrogens with zero attached hydrogens (tertiary/aromatic N) is 1. The Morgan fingerprint density at radius 3 is 2.78 bits per heavy atom. The molecular weight excluding hydrogens is 321 g/mol. The molecule has 1 heterocycles. The Hall–Kier alpha value is -1.27. The fourth-order valence-corrected chi connectivity index (χ4v) is 2.89. The van der Waals surface area contributed by atoms with Crippen molar-refractivity contribution in [3.05, 3.63) is 39.1 Å². The largest absolute Gasteiger partial charge is 0.477 e. The highest BCUT2D eigenvalue weighted by Gasteiger charge is 2.18. The number of carbonyl (C=O) groups is 1. The summed E-state index contributed by atoms with van der Waals surface area (Å²) in [5.74, 6) is -1.44. The molecule has 0 atom stereocenters. The maximum Gasteiger partial charge on any atom is 0.347 e. The molecule has 1 aromatic heterocycles. The molecule has 0 aliphatic heterocycles. The minimum Gasteiger partial charge on any atom is -0.477 e. The summed E-state index contributed by atoms with van der Waals surface area (Å²) >= 11 is 4.17. The predicted octanol–water partition coefficient (Wildman–Crippen LogP) is 3.97. The molecule has 0 aliphatic rings. The number of benzene rings is 1. The van der Waals surface area contributed by atoms with Gasteiger partial charge in [-0.05, 0) is 24.6 Å². The number of aromatic carboxylic acids is 1. The molecule has 18 heavy (non-hydrogen) atoms. The molecule has 0 saturated carbocycles. The van der Waals surface area contributed by atoms with Crippen LogP contribution in [0, 0.1) is 5.82 Å². The summed E-state index contributed by atoms with van der Waals surface area (Å²) in [4.78, 5) is 15.4. The van der Waals surface area contributed by atoms with Crippen LogP contribution in [0.3, 0.4) is 0 Å². The summed E-state index contributed by atoms with van der Waals surface area (Å²) in [5.41, 5.74) is 0.815. The third-order valence-electron chi connectivity index (χ3n) is 2.39. The van der Waals surface area contributed by atoms with Gasteiger partial charge in [0, 0.05) is 10.0 Å². The zero-order chi connectivity index (χ0) is 13.3. The van der Waals surface area contributed by atoms with Crippen molar-refractivity contribution >= 4 is 33.2 Å². The normalized spacial score (nSPS) is 10.6. The fourth-order valence-electron chi connectivity index (χ4n) is 1.54. The number of hydrogen-bond donors (Lipinski definition) is 1. The zero-order valence-electron chi connectivity index (χ0n) is 9.41. The summed E-state index contributed by atoms with van der Waals surface area (Å²) in [5, 5.41) is 9.44. The van der Waals surface area contributed by atoms with E-state index in [-0.39, 0.29) is 4.88 Å². The summed E-state index contributed by atoms with van der Waals surface area (Å²) in [7, 11) is 0. The van der Waals surface area contributed by atoms with Gasteiger partial charge in [-0.2, -0.15) is 0 Å². The van der Waals surface area contributed by atoms with Crippen LogP contribution in [0.2, 0.25) is 0 Å². The molecule has 0 amide bonds. The molecule has 0 unspecified atom stereocenters. The van der Waals surface area contributed by atoms with Gasteiger partial charge in [-0.1, -0.05) is 22.9 Å². The summed E-state index contributed by atoms with van der Waals surface area (Å²) < 4.78 is 14.4. The smallest absolute Gasteiger partial charge is 0.347 e. The van der Waals surface area contributed by atoms with E-state index in [1.165, 1.54) is 6.07 Å². The minimum absolute atomic E-state index is 0.176. The van der Waals surface area contributed by atoms with Crippen molar-refractivity contribution in [2.45, 2.75) is 13.3 Å². The molecule has 3 nitrogen and oxygen atoms in total. The maximum absolute atomic E-state index is 13.8. The van der Waals surface area contributed by atoms with Gasteiger partial charge in [-0.3, -0.25) is 0 Å². The lowest BCUT2D eigenvalue weighted by Crippen LogP contribution is -1.97. The van der Waals surface area contributed by atoms with Crippen molar-refractivity contribution in [3.63, 3.8) is 0 Å². The van der Waals surface area contributed by atoms with Crippen LogP contribution in [0.1, 0.15) is 22.3 Å². The Morgan fingerprint density at radius 1 is 1.56 bits per heavy atom. The number of halogens is 2. The van der Waals surface area contributed by atoms with E-state index in [9.17, 15) is 9.18 Å². The topological polar surface area (TPSA) is 50.2 Å². The molecule has 0 radical (unpaired) electrons. The van der Waals surface area contributed by atoms with Crippen LogP contribution >= 0.6 is 27.3 Å². The van der Waals surface area contributed by atoms with Crippen molar-refractivity contribution in [1.82, 2.24) is 4.98 Å². The van der Waals surface area contributed by atoms with Crippen LogP contribution in [0.25, 0.3) is 10.6 Å². The highest BCUT2D eigenvalue weighted by molar-refractivity contribution is 9.10. The molecule has 0 aliphatic carbocycles. The van der Waals surface area contributed by atoms with Crippen LogP contribution in [-0.4, -0.2) is 16.1 Å². The second-order valence-corrected chi connectivity index (χ2v) is 5.49. The Bertz CT molecular complexity index is 612. The van der Waals surface area contributed by atoms with Crippen LogP contribution in [0.4, 0.5) is 4.39 Å². The molecular formula is C12H9BrFNO2S. The van der Waals surface area contributed by atoms with Crippen LogP contribution in [-0.2, 0) is 6.42 Å². The van der Waals surface area contributed by atoms with E-state index >= 15 is 0 Å². The molecule has 1 N–H and O–H groups in total. The molecule has 0 bridgehead atoms. The average Bonchev–Trinajstić information content (AvgIpc) is 2.73. The zero-order valence-corrected chi connectivity index (χ0v) is 11.8. The van der Waals surface area contributed by atoms with Gasteiger partial charge in [0.2, 0.25) is 0 Å². The first-order valence-corrected chi connectivity index (χ1v) is 6.82. The summed E-state index contributed by atoms with van der Waals surface area (Å²) in [6.07, 6.45) is 0.510. The van der Waals surface area contributed by atoms with Crippen LogP contribution in [0.5, 0.6) is 0 Å². The molecule has 2 rings (SSSR count). The second-order valence-electron chi connectivity index (χ2n) is 3.58. The molecule has 1 aromatic carbocycles. The molecule has 2 aromatic rings. The van der Waals surface area contributed by atoms with E-state index in [1.54, 1.807) is 12.1 Å². The fraction of sp³-hybridized carbons (Fsp3) is 0.167. The highest BCUT2D eigenvalue weighted by atomic mass is 79.9. The first-order chi connectivity index (χ1) is 8.52. The monoisotopic (exact) mass is 329 g/mol. The lowest BCUT2D eigenvalue weighted by molar-refractivity contribution is 0.0701. The third kappa shape index (κ3) is 2.44. The maximum atomic E-state index is 13.8. The highest BCUT2D eigenvalue weighted by Crippen LogP contribution is 2.31. The van der Waals surface area contributed by atoms with Crippen molar-refractivity contribution in [1.29, 1.82) is 0 Å². The molecule has 0 saturated heterocycles. The van der Waals surface area contributed by atoms with Gasteiger partial charge in [0.25, 0.3) is 0 Å².